The Morgan fingerprint density at radius 1 is 1.12 bits per heavy atom. The fraction of sp³-hybridized carbons (Fsp3) is 0.320. The Balaban J connectivity index is 1.60. The summed E-state index contributed by atoms with van der Waals surface area (Å²) in [6.45, 7) is 3.69. The van der Waals surface area contributed by atoms with Crippen LogP contribution >= 0.6 is 11.6 Å². The van der Waals surface area contributed by atoms with Crippen LogP contribution in [0.5, 0.6) is 0 Å². The van der Waals surface area contributed by atoms with Crippen LogP contribution in [0, 0.1) is 0 Å². The van der Waals surface area contributed by atoms with Crippen LogP contribution in [0.3, 0.4) is 0 Å². The third kappa shape index (κ3) is 4.94. The van der Waals surface area contributed by atoms with E-state index in [-0.39, 0.29) is 11.9 Å². The van der Waals surface area contributed by atoms with E-state index in [9.17, 15) is 14.7 Å². The molecule has 0 spiro atoms. The summed E-state index contributed by atoms with van der Waals surface area (Å²) < 4.78 is 0. The van der Waals surface area contributed by atoms with Crippen LogP contribution in [0.15, 0.2) is 48.5 Å². The minimum absolute atomic E-state index is 0.134. The van der Waals surface area contributed by atoms with Crippen molar-refractivity contribution in [3.05, 3.63) is 64.7 Å². The molecule has 2 heterocycles. The first-order valence-corrected chi connectivity index (χ1v) is 11.2. The van der Waals surface area contributed by atoms with E-state index in [1.807, 2.05) is 45.3 Å². The number of carbonyl (C=O) groups is 2. The molecule has 1 fully saturated rings. The average Bonchev–Trinajstić information content (AvgIpc) is 2.78. The van der Waals surface area contributed by atoms with Gasteiger partial charge in [0.05, 0.1) is 16.2 Å². The summed E-state index contributed by atoms with van der Waals surface area (Å²) in [5, 5.41) is 10.6. The molecule has 0 radical (unpaired) electrons. The third-order valence-electron chi connectivity index (χ3n) is 5.92. The number of aromatic nitrogens is 1. The van der Waals surface area contributed by atoms with Crippen molar-refractivity contribution in [2.75, 3.05) is 33.7 Å². The summed E-state index contributed by atoms with van der Waals surface area (Å²) in [5.41, 5.74) is 4.08. The number of rotatable bonds is 4. The van der Waals surface area contributed by atoms with Crippen LogP contribution in [0.4, 0.5) is 4.79 Å². The number of benzene rings is 2. The molecule has 0 bridgehead atoms. The minimum atomic E-state index is -0.957. The van der Waals surface area contributed by atoms with Crippen LogP contribution in [0.1, 0.15) is 22.8 Å². The predicted molar refractivity (Wildman–Crippen MR) is 130 cm³/mol. The molecule has 2 aromatic carbocycles. The first-order valence-electron chi connectivity index (χ1n) is 10.9. The van der Waals surface area contributed by atoms with Crippen molar-refractivity contribution in [2.24, 2.45) is 0 Å². The molecule has 1 atom stereocenters. The zero-order chi connectivity index (χ0) is 23.7. The molecule has 1 N–H and O–H groups in total. The van der Waals surface area contributed by atoms with Gasteiger partial charge in [-0.05, 0) is 44.8 Å². The molecule has 2 amide bonds. The molecule has 0 aliphatic carbocycles. The third-order valence-corrected chi connectivity index (χ3v) is 6.23. The van der Waals surface area contributed by atoms with Gasteiger partial charge < -0.3 is 19.8 Å². The summed E-state index contributed by atoms with van der Waals surface area (Å²) in [4.78, 5) is 34.4. The molecule has 0 saturated carbocycles. The summed E-state index contributed by atoms with van der Waals surface area (Å²) >= 11 is 6.55. The number of carboxylic acid groups (broad SMARTS) is 1. The lowest BCUT2D eigenvalue weighted by molar-refractivity contribution is 0.0507. The van der Waals surface area contributed by atoms with Crippen LogP contribution in [0.25, 0.3) is 22.2 Å². The molecule has 1 aromatic heterocycles. The average molecular weight is 467 g/mol. The van der Waals surface area contributed by atoms with Crippen LogP contribution in [-0.4, -0.2) is 76.6 Å². The lowest BCUT2D eigenvalue weighted by atomic mass is 10.1. The van der Waals surface area contributed by atoms with E-state index in [1.165, 1.54) is 10.5 Å². The Hall–Kier alpha value is -3.16. The smallest absolute Gasteiger partial charge is 0.407 e. The molecule has 172 valence electrons. The number of piperazine rings is 1. The Morgan fingerprint density at radius 3 is 2.48 bits per heavy atom. The van der Waals surface area contributed by atoms with E-state index < -0.39 is 6.09 Å². The predicted octanol–water partition coefficient (Wildman–Crippen LogP) is 4.44. The summed E-state index contributed by atoms with van der Waals surface area (Å²) in [6, 6.07) is 15.1. The molecule has 33 heavy (non-hydrogen) atoms. The quantitative estimate of drug-likeness (QED) is 0.615. The van der Waals surface area contributed by atoms with Gasteiger partial charge in [-0.1, -0.05) is 41.9 Å². The van der Waals surface area contributed by atoms with Crippen LogP contribution in [-0.2, 0) is 6.54 Å². The van der Waals surface area contributed by atoms with Gasteiger partial charge in [-0.3, -0.25) is 4.79 Å². The number of carbonyl (C=O) groups excluding carboxylic acids is 1. The molecular weight excluding hydrogens is 440 g/mol. The maximum atomic E-state index is 13.1. The number of hydrogen-bond acceptors (Lipinski definition) is 4. The summed E-state index contributed by atoms with van der Waals surface area (Å²) in [6.07, 6.45) is -0.957. The van der Waals surface area contributed by atoms with E-state index >= 15 is 0 Å². The zero-order valence-corrected chi connectivity index (χ0v) is 19.7. The fourth-order valence-electron chi connectivity index (χ4n) is 4.22. The monoisotopic (exact) mass is 466 g/mol. The molecule has 7 nitrogen and oxygen atoms in total. The van der Waals surface area contributed by atoms with Gasteiger partial charge in [-0.15, -0.1) is 0 Å². The SMILES string of the molecule is C[C@@H]1CN(C(=O)c2ccc3c(Cl)cc(-c4ccc(CN(C)C)cc4)nc3c2)CCN1C(=O)O. The molecule has 0 unspecified atom stereocenters. The van der Waals surface area contributed by atoms with Gasteiger partial charge in [-0.2, -0.15) is 0 Å². The van der Waals surface area contributed by atoms with Crippen molar-refractivity contribution in [3.63, 3.8) is 0 Å². The van der Waals surface area contributed by atoms with E-state index in [1.54, 1.807) is 17.0 Å². The van der Waals surface area contributed by atoms with Crippen molar-refractivity contribution >= 4 is 34.5 Å². The van der Waals surface area contributed by atoms with Crippen molar-refractivity contribution in [1.29, 1.82) is 0 Å². The summed E-state index contributed by atoms with van der Waals surface area (Å²) in [7, 11) is 4.06. The molecule has 4 rings (SSSR count). The molecule has 1 saturated heterocycles. The molecule has 3 aromatic rings. The standard InChI is InChI=1S/C25H27ClN4O3/c1-16-14-29(10-11-30(16)25(32)33)24(31)19-8-9-20-21(26)13-22(27-23(20)12-19)18-6-4-17(5-7-18)15-28(2)3/h4-9,12-13,16H,10-11,14-15H2,1-3H3,(H,32,33)/t16-/m1/s1. The van der Waals surface area contributed by atoms with Gasteiger partial charge in [0.1, 0.15) is 0 Å². The van der Waals surface area contributed by atoms with E-state index in [0.29, 0.717) is 35.7 Å². The molecule has 1 aliphatic rings. The van der Waals surface area contributed by atoms with Crippen LogP contribution in [0.2, 0.25) is 5.02 Å². The Kier molecular flexibility index (Phi) is 6.54. The highest BCUT2D eigenvalue weighted by Gasteiger charge is 2.30. The highest BCUT2D eigenvalue weighted by molar-refractivity contribution is 6.35. The Bertz CT molecular complexity index is 1200. The lowest BCUT2D eigenvalue weighted by Gasteiger charge is -2.38. The van der Waals surface area contributed by atoms with Gasteiger partial charge >= 0.3 is 6.09 Å². The van der Waals surface area contributed by atoms with Gasteiger partial charge in [0.25, 0.3) is 5.91 Å². The number of halogens is 1. The number of pyridine rings is 1. The maximum absolute atomic E-state index is 13.1. The van der Waals surface area contributed by atoms with Crippen LogP contribution < -0.4 is 0 Å². The zero-order valence-electron chi connectivity index (χ0n) is 19.0. The highest BCUT2D eigenvalue weighted by Crippen LogP contribution is 2.29. The molecule has 1 aliphatic heterocycles. The Morgan fingerprint density at radius 2 is 1.85 bits per heavy atom. The van der Waals surface area contributed by atoms with Crippen molar-refractivity contribution < 1.29 is 14.7 Å². The second-order valence-corrected chi connectivity index (χ2v) is 9.14. The van der Waals surface area contributed by atoms with E-state index in [2.05, 4.69) is 17.0 Å². The maximum Gasteiger partial charge on any atom is 0.407 e. The number of hydrogen-bond donors (Lipinski definition) is 1. The summed E-state index contributed by atoms with van der Waals surface area (Å²) in [5.74, 6) is -0.134. The lowest BCUT2D eigenvalue weighted by Crippen LogP contribution is -2.55. The largest absolute Gasteiger partial charge is 0.465 e. The van der Waals surface area contributed by atoms with Gasteiger partial charge in [0.15, 0.2) is 0 Å². The van der Waals surface area contributed by atoms with Crippen molar-refractivity contribution in [2.45, 2.75) is 19.5 Å². The normalized spacial score (nSPS) is 16.5. The molecular formula is C25H27ClN4O3. The Labute approximate surface area is 198 Å². The highest BCUT2D eigenvalue weighted by atomic mass is 35.5. The van der Waals surface area contributed by atoms with Gasteiger partial charge in [0.2, 0.25) is 0 Å². The number of amides is 2. The second-order valence-electron chi connectivity index (χ2n) is 8.73. The first-order chi connectivity index (χ1) is 15.7. The fourth-order valence-corrected chi connectivity index (χ4v) is 4.48. The molecule has 8 heteroatoms. The topological polar surface area (TPSA) is 77.0 Å². The van der Waals surface area contributed by atoms with Crippen molar-refractivity contribution in [1.82, 2.24) is 19.7 Å². The second kappa shape index (κ2) is 9.37. The first kappa shape index (κ1) is 23.0. The number of fused-ring (bicyclic) bond motifs is 1. The number of nitrogens with zero attached hydrogens (tertiary/aromatic N) is 4. The van der Waals surface area contributed by atoms with E-state index in [0.717, 1.165) is 23.2 Å². The van der Waals surface area contributed by atoms with Gasteiger partial charge in [-0.25, -0.2) is 9.78 Å². The minimum Gasteiger partial charge on any atom is -0.465 e. The van der Waals surface area contributed by atoms with Crippen molar-refractivity contribution in [3.8, 4) is 11.3 Å². The van der Waals surface area contributed by atoms with E-state index in [4.69, 9.17) is 16.6 Å². The van der Waals surface area contributed by atoms with Gasteiger partial charge in [0, 0.05) is 48.7 Å².